The summed E-state index contributed by atoms with van der Waals surface area (Å²) in [5.41, 5.74) is 2.47. The van der Waals surface area contributed by atoms with E-state index in [1.54, 1.807) is 25.6 Å². The minimum atomic E-state index is -0.264. The molecule has 0 spiro atoms. The van der Waals surface area contributed by atoms with Gasteiger partial charge in [0, 0.05) is 12.3 Å². The summed E-state index contributed by atoms with van der Waals surface area (Å²) in [5.74, 6) is 1.44. The highest BCUT2D eigenvalue weighted by molar-refractivity contribution is 6.32. The lowest BCUT2D eigenvalue weighted by Crippen LogP contribution is -2.03. The Morgan fingerprint density at radius 3 is 2.81 bits per heavy atom. The first kappa shape index (κ1) is 14.2. The third kappa shape index (κ3) is 2.45. The maximum atomic E-state index is 6.36. The van der Waals surface area contributed by atoms with E-state index in [0.717, 1.165) is 28.3 Å². The Hall–Kier alpha value is -1.78. The van der Waals surface area contributed by atoms with Crippen molar-refractivity contribution >= 4 is 34.2 Å². The summed E-state index contributed by atoms with van der Waals surface area (Å²) in [6.07, 6.45) is 3.43. The van der Waals surface area contributed by atoms with Gasteiger partial charge in [0.05, 0.1) is 34.9 Å². The number of imidazole rings is 1. The number of alkyl halides is 1. The van der Waals surface area contributed by atoms with Gasteiger partial charge in [-0.1, -0.05) is 11.6 Å². The van der Waals surface area contributed by atoms with Gasteiger partial charge in [0.1, 0.15) is 17.1 Å². The number of aromatic nitrogens is 3. The summed E-state index contributed by atoms with van der Waals surface area (Å²) in [6, 6.07) is 7.37. The van der Waals surface area contributed by atoms with E-state index in [2.05, 4.69) is 9.97 Å². The lowest BCUT2D eigenvalue weighted by Gasteiger charge is -2.13. The smallest absolute Gasteiger partial charge is 0.132 e. The van der Waals surface area contributed by atoms with Crippen molar-refractivity contribution in [2.45, 2.75) is 12.3 Å². The zero-order chi connectivity index (χ0) is 15.0. The molecule has 0 aliphatic rings. The van der Waals surface area contributed by atoms with Crippen LogP contribution in [0, 0.1) is 0 Å². The fourth-order valence-corrected chi connectivity index (χ4v) is 2.61. The van der Waals surface area contributed by atoms with Gasteiger partial charge in [-0.2, -0.15) is 0 Å². The molecule has 2 heterocycles. The molecule has 0 aliphatic heterocycles. The highest BCUT2D eigenvalue weighted by Gasteiger charge is 2.18. The van der Waals surface area contributed by atoms with E-state index >= 15 is 0 Å². The molecule has 108 valence electrons. The van der Waals surface area contributed by atoms with Crippen LogP contribution in [0.15, 0.2) is 36.7 Å². The molecule has 3 aromatic rings. The average Bonchev–Trinajstić information content (AvgIpc) is 2.87. The number of methoxy groups -OCH3 is 1. The predicted octanol–water partition coefficient (Wildman–Crippen LogP) is 4.38. The molecule has 4 nitrogen and oxygen atoms in total. The maximum Gasteiger partial charge on any atom is 0.132 e. The molecule has 0 N–H and O–H groups in total. The van der Waals surface area contributed by atoms with E-state index in [9.17, 15) is 0 Å². The second kappa shape index (κ2) is 5.54. The zero-order valence-corrected chi connectivity index (χ0v) is 13.1. The molecule has 3 rings (SSSR count). The van der Waals surface area contributed by atoms with Crippen LogP contribution in [-0.2, 0) is 0 Å². The standard InChI is InChI=1S/C15H13Cl2N3O/c1-9(16)15-19-12-8-18-6-5-13(12)20(15)14-7-10(21-2)3-4-11(14)17/h3-9H,1-2H3. The maximum absolute atomic E-state index is 6.36. The average molecular weight is 322 g/mol. The van der Waals surface area contributed by atoms with E-state index in [1.165, 1.54) is 0 Å². The first-order valence-corrected chi connectivity index (χ1v) is 7.23. The van der Waals surface area contributed by atoms with Crippen LogP contribution < -0.4 is 4.74 Å². The molecular formula is C15H13Cl2N3O. The molecule has 0 bridgehead atoms. The van der Waals surface area contributed by atoms with Gasteiger partial charge in [-0.3, -0.25) is 9.55 Å². The van der Waals surface area contributed by atoms with E-state index in [4.69, 9.17) is 27.9 Å². The Morgan fingerprint density at radius 1 is 1.29 bits per heavy atom. The van der Waals surface area contributed by atoms with Crippen molar-refractivity contribution in [1.82, 2.24) is 14.5 Å². The third-order valence-corrected chi connectivity index (χ3v) is 3.75. The summed E-state index contributed by atoms with van der Waals surface area (Å²) >= 11 is 12.6. The predicted molar refractivity (Wildman–Crippen MR) is 84.7 cm³/mol. The molecule has 1 atom stereocenters. The highest BCUT2D eigenvalue weighted by atomic mass is 35.5. The lowest BCUT2D eigenvalue weighted by molar-refractivity contribution is 0.414. The van der Waals surface area contributed by atoms with Crippen LogP contribution in [0.4, 0.5) is 0 Å². The molecule has 0 amide bonds. The van der Waals surface area contributed by atoms with E-state index < -0.39 is 0 Å². The molecule has 0 saturated heterocycles. The van der Waals surface area contributed by atoms with Crippen molar-refractivity contribution in [3.63, 3.8) is 0 Å². The molecule has 0 saturated carbocycles. The van der Waals surface area contributed by atoms with E-state index in [1.807, 2.05) is 29.7 Å². The van der Waals surface area contributed by atoms with Gasteiger partial charge >= 0.3 is 0 Å². The van der Waals surface area contributed by atoms with E-state index in [-0.39, 0.29) is 5.38 Å². The number of hydrogen-bond acceptors (Lipinski definition) is 3. The van der Waals surface area contributed by atoms with Gasteiger partial charge in [-0.05, 0) is 25.1 Å². The zero-order valence-electron chi connectivity index (χ0n) is 11.5. The number of halogens is 2. The van der Waals surface area contributed by atoms with Gasteiger partial charge < -0.3 is 4.74 Å². The minimum absolute atomic E-state index is 0.264. The Labute approximate surface area is 132 Å². The first-order valence-electron chi connectivity index (χ1n) is 6.42. The quantitative estimate of drug-likeness (QED) is 0.672. The third-order valence-electron chi connectivity index (χ3n) is 3.23. The summed E-state index contributed by atoms with van der Waals surface area (Å²) < 4.78 is 7.23. The van der Waals surface area contributed by atoms with Crippen LogP contribution >= 0.6 is 23.2 Å². The van der Waals surface area contributed by atoms with Crippen LogP contribution in [0.5, 0.6) is 5.75 Å². The number of fused-ring (bicyclic) bond motifs is 1. The fraction of sp³-hybridized carbons (Fsp3) is 0.200. The summed E-state index contributed by atoms with van der Waals surface area (Å²) in [6.45, 7) is 1.88. The van der Waals surface area contributed by atoms with Crippen molar-refractivity contribution in [1.29, 1.82) is 0 Å². The monoisotopic (exact) mass is 321 g/mol. The van der Waals surface area contributed by atoms with Gasteiger partial charge in [0.2, 0.25) is 0 Å². The Morgan fingerprint density at radius 2 is 2.10 bits per heavy atom. The van der Waals surface area contributed by atoms with Gasteiger partial charge in [0.25, 0.3) is 0 Å². The molecule has 21 heavy (non-hydrogen) atoms. The van der Waals surface area contributed by atoms with Gasteiger partial charge in [0.15, 0.2) is 0 Å². The molecule has 2 aromatic heterocycles. The molecule has 6 heteroatoms. The largest absolute Gasteiger partial charge is 0.497 e. The molecule has 0 aliphatic carbocycles. The van der Waals surface area contributed by atoms with Crippen molar-refractivity contribution in [3.8, 4) is 11.4 Å². The lowest BCUT2D eigenvalue weighted by atomic mass is 10.2. The second-order valence-corrected chi connectivity index (χ2v) is 5.66. The van der Waals surface area contributed by atoms with Crippen LogP contribution in [0.2, 0.25) is 5.02 Å². The number of ether oxygens (including phenoxy) is 1. The van der Waals surface area contributed by atoms with E-state index in [0.29, 0.717) is 5.02 Å². The van der Waals surface area contributed by atoms with Crippen LogP contribution in [0.25, 0.3) is 16.7 Å². The number of benzene rings is 1. The first-order chi connectivity index (χ1) is 10.1. The fourth-order valence-electron chi connectivity index (χ4n) is 2.26. The van der Waals surface area contributed by atoms with Crippen LogP contribution in [0.3, 0.4) is 0 Å². The highest BCUT2D eigenvalue weighted by Crippen LogP contribution is 2.33. The van der Waals surface area contributed by atoms with Gasteiger partial charge in [-0.25, -0.2) is 4.98 Å². The minimum Gasteiger partial charge on any atom is -0.497 e. The Kier molecular flexibility index (Phi) is 3.74. The number of nitrogens with zero attached hydrogens (tertiary/aromatic N) is 3. The van der Waals surface area contributed by atoms with Crippen LogP contribution in [0.1, 0.15) is 18.1 Å². The number of hydrogen-bond donors (Lipinski definition) is 0. The normalized spacial score (nSPS) is 12.6. The SMILES string of the molecule is COc1ccc(Cl)c(-n2c(C(C)Cl)nc3cnccc32)c1. The Bertz CT molecular complexity index is 799. The van der Waals surface area contributed by atoms with Crippen LogP contribution in [-0.4, -0.2) is 21.6 Å². The van der Waals surface area contributed by atoms with Gasteiger partial charge in [-0.15, -0.1) is 11.6 Å². The molecule has 0 fully saturated rings. The number of rotatable bonds is 3. The summed E-state index contributed by atoms with van der Waals surface area (Å²) in [7, 11) is 1.62. The van der Waals surface area contributed by atoms with Crippen molar-refractivity contribution in [2.24, 2.45) is 0 Å². The van der Waals surface area contributed by atoms with Crippen molar-refractivity contribution in [3.05, 3.63) is 47.5 Å². The molecule has 0 radical (unpaired) electrons. The molecule has 1 unspecified atom stereocenters. The summed E-state index contributed by atoms with van der Waals surface area (Å²) in [5, 5.41) is 0.338. The van der Waals surface area contributed by atoms with Crippen molar-refractivity contribution < 1.29 is 4.74 Å². The second-order valence-electron chi connectivity index (χ2n) is 4.60. The number of pyridine rings is 1. The topological polar surface area (TPSA) is 39.9 Å². The van der Waals surface area contributed by atoms with Crippen molar-refractivity contribution in [2.75, 3.05) is 7.11 Å². The Balaban J connectivity index is 2.35. The molecule has 1 aromatic carbocycles. The molecular weight excluding hydrogens is 309 g/mol. The summed E-state index contributed by atoms with van der Waals surface area (Å²) in [4.78, 5) is 8.65.